The van der Waals surface area contributed by atoms with E-state index in [0.717, 1.165) is 5.69 Å². The highest BCUT2D eigenvalue weighted by atomic mass is 16.5. The maximum atomic E-state index is 11.5. The van der Waals surface area contributed by atoms with Crippen LogP contribution in [0.1, 0.15) is 23.2 Å². The van der Waals surface area contributed by atoms with Crippen LogP contribution >= 0.6 is 0 Å². The molecule has 7 heteroatoms. The van der Waals surface area contributed by atoms with Gasteiger partial charge in [0.25, 0.3) is 5.82 Å². The molecule has 0 spiro atoms. The summed E-state index contributed by atoms with van der Waals surface area (Å²) in [6.45, 7) is 2.35. The summed E-state index contributed by atoms with van der Waals surface area (Å²) in [4.78, 5) is 15.6. The molecule has 0 unspecified atom stereocenters. The van der Waals surface area contributed by atoms with Crippen LogP contribution < -0.4 is 0 Å². The van der Waals surface area contributed by atoms with Gasteiger partial charge in [-0.15, -0.1) is 5.10 Å². The second-order valence-electron chi connectivity index (χ2n) is 3.20. The second kappa shape index (κ2) is 5.15. The minimum absolute atomic E-state index is 0.0810. The van der Waals surface area contributed by atoms with Gasteiger partial charge in [0.15, 0.2) is 0 Å². The third-order valence-corrected chi connectivity index (χ3v) is 2.03. The maximum absolute atomic E-state index is 11.5. The summed E-state index contributed by atoms with van der Waals surface area (Å²) < 4.78 is 6.20. The molecule has 2 aromatic heterocycles. The molecule has 88 valence electrons. The molecule has 2 rings (SSSR count). The van der Waals surface area contributed by atoms with Crippen molar-refractivity contribution in [1.82, 2.24) is 25.2 Å². The van der Waals surface area contributed by atoms with E-state index >= 15 is 0 Å². The normalized spacial score (nSPS) is 10.2. The van der Waals surface area contributed by atoms with E-state index in [1.165, 1.54) is 4.68 Å². The minimum atomic E-state index is -0.534. The maximum Gasteiger partial charge on any atom is 0.378 e. The topological polar surface area (TPSA) is 82.8 Å². The fourth-order valence-corrected chi connectivity index (χ4v) is 1.30. The van der Waals surface area contributed by atoms with Crippen LogP contribution in [-0.2, 0) is 11.3 Å². The van der Waals surface area contributed by atoms with Crippen LogP contribution in [-0.4, -0.2) is 37.8 Å². The van der Waals surface area contributed by atoms with Gasteiger partial charge < -0.3 is 4.74 Å². The summed E-state index contributed by atoms with van der Waals surface area (Å²) in [6.07, 6.45) is 1.67. The van der Waals surface area contributed by atoms with Gasteiger partial charge in [0.2, 0.25) is 0 Å². The molecule has 2 heterocycles. The molecule has 0 saturated heterocycles. The van der Waals surface area contributed by atoms with Gasteiger partial charge >= 0.3 is 5.97 Å². The predicted molar refractivity (Wildman–Crippen MR) is 57.1 cm³/mol. The van der Waals surface area contributed by atoms with E-state index in [-0.39, 0.29) is 12.4 Å². The number of carbonyl (C=O) groups is 1. The molecule has 0 aliphatic heterocycles. The molecule has 0 atom stereocenters. The van der Waals surface area contributed by atoms with Gasteiger partial charge in [-0.25, -0.2) is 9.48 Å². The minimum Gasteiger partial charge on any atom is -0.460 e. The lowest BCUT2D eigenvalue weighted by Gasteiger charge is -2.03. The van der Waals surface area contributed by atoms with Crippen molar-refractivity contribution in [1.29, 1.82) is 0 Å². The Kier molecular flexibility index (Phi) is 3.39. The lowest BCUT2D eigenvalue weighted by Crippen LogP contribution is -2.15. The van der Waals surface area contributed by atoms with Crippen LogP contribution in [0.25, 0.3) is 0 Å². The molecule has 7 nitrogen and oxygen atoms in total. The number of esters is 1. The number of hydrogen-bond acceptors (Lipinski definition) is 6. The van der Waals surface area contributed by atoms with Gasteiger partial charge in [-0.3, -0.25) is 4.98 Å². The summed E-state index contributed by atoms with van der Waals surface area (Å²) >= 11 is 0. The van der Waals surface area contributed by atoms with E-state index in [4.69, 9.17) is 4.74 Å². The molecule has 0 aliphatic rings. The lowest BCUT2D eigenvalue weighted by molar-refractivity contribution is 0.0505. The highest BCUT2D eigenvalue weighted by Crippen LogP contribution is 2.01. The fraction of sp³-hybridized carbons (Fsp3) is 0.300. The Morgan fingerprint density at radius 2 is 2.35 bits per heavy atom. The highest BCUT2D eigenvalue weighted by molar-refractivity contribution is 5.85. The smallest absolute Gasteiger partial charge is 0.378 e. The van der Waals surface area contributed by atoms with E-state index in [2.05, 4.69) is 20.5 Å². The fourth-order valence-electron chi connectivity index (χ4n) is 1.30. The molecule has 0 aliphatic carbocycles. The third kappa shape index (κ3) is 2.63. The van der Waals surface area contributed by atoms with Gasteiger partial charge in [-0.05, 0) is 29.5 Å². The van der Waals surface area contributed by atoms with Crippen molar-refractivity contribution in [2.24, 2.45) is 0 Å². The van der Waals surface area contributed by atoms with Crippen molar-refractivity contribution < 1.29 is 9.53 Å². The summed E-state index contributed by atoms with van der Waals surface area (Å²) in [5, 5.41) is 10.8. The number of pyridine rings is 1. The number of tetrazole rings is 1. The quantitative estimate of drug-likeness (QED) is 0.706. The van der Waals surface area contributed by atoms with Crippen LogP contribution in [0.3, 0.4) is 0 Å². The molecule has 0 bridgehead atoms. The molecule has 0 aromatic carbocycles. The van der Waals surface area contributed by atoms with Crippen molar-refractivity contribution >= 4 is 5.97 Å². The molecule has 0 saturated carbocycles. The SMILES string of the molecule is CCOC(=O)c1nnnn1Cc1ccccn1. The van der Waals surface area contributed by atoms with Crippen molar-refractivity contribution in [3.05, 3.63) is 35.9 Å². The first-order valence-corrected chi connectivity index (χ1v) is 5.14. The first-order valence-electron chi connectivity index (χ1n) is 5.14. The number of rotatable bonds is 4. The van der Waals surface area contributed by atoms with Crippen molar-refractivity contribution in [2.45, 2.75) is 13.5 Å². The Balaban J connectivity index is 2.17. The molecule has 0 amide bonds. The average molecular weight is 233 g/mol. The number of aromatic nitrogens is 5. The first-order chi connectivity index (χ1) is 8.31. The number of ether oxygens (including phenoxy) is 1. The van der Waals surface area contributed by atoms with Crippen LogP contribution in [0.4, 0.5) is 0 Å². The molecule has 0 fully saturated rings. The van der Waals surface area contributed by atoms with E-state index < -0.39 is 5.97 Å². The summed E-state index contributed by atoms with van der Waals surface area (Å²) in [5.41, 5.74) is 0.769. The van der Waals surface area contributed by atoms with E-state index in [1.807, 2.05) is 18.2 Å². The molecule has 17 heavy (non-hydrogen) atoms. The Labute approximate surface area is 97.4 Å². The monoisotopic (exact) mass is 233 g/mol. The van der Waals surface area contributed by atoms with Crippen molar-refractivity contribution in [3.8, 4) is 0 Å². The zero-order chi connectivity index (χ0) is 12.1. The van der Waals surface area contributed by atoms with Gasteiger partial charge in [-0.1, -0.05) is 6.07 Å². The Morgan fingerprint density at radius 3 is 3.06 bits per heavy atom. The molecule has 2 aromatic rings. The Morgan fingerprint density at radius 1 is 1.47 bits per heavy atom. The summed E-state index contributed by atoms with van der Waals surface area (Å²) in [6, 6.07) is 5.50. The number of nitrogens with zero attached hydrogens (tertiary/aromatic N) is 5. The zero-order valence-corrected chi connectivity index (χ0v) is 9.28. The lowest BCUT2D eigenvalue weighted by atomic mass is 10.3. The summed E-state index contributed by atoms with van der Waals surface area (Å²) in [7, 11) is 0. The van der Waals surface area contributed by atoms with Gasteiger partial charge in [0, 0.05) is 6.20 Å². The predicted octanol–water partition coefficient (Wildman–Crippen LogP) is 0.293. The number of hydrogen-bond donors (Lipinski definition) is 0. The largest absolute Gasteiger partial charge is 0.460 e. The van der Waals surface area contributed by atoms with Crippen LogP contribution in [0, 0.1) is 0 Å². The van der Waals surface area contributed by atoms with Crippen LogP contribution in [0.15, 0.2) is 24.4 Å². The van der Waals surface area contributed by atoms with E-state index in [0.29, 0.717) is 6.54 Å². The van der Waals surface area contributed by atoms with E-state index in [1.54, 1.807) is 13.1 Å². The average Bonchev–Trinajstić information content (AvgIpc) is 2.79. The standard InChI is InChI=1S/C10H11N5O2/c1-2-17-10(16)9-12-13-14-15(9)7-8-5-3-4-6-11-8/h3-6H,2,7H2,1H3. The van der Waals surface area contributed by atoms with Gasteiger partial charge in [0.1, 0.15) is 0 Å². The van der Waals surface area contributed by atoms with Crippen molar-refractivity contribution in [3.63, 3.8) is 0 Å². The third-order valence-electron chi connectivity index (χ3n) is 2.03. The first kappa shape index (κ1) is 11.2. The molecule has 0 N–H and O–H groups in total. The zero-order valence-electron chi connectivity index (χ0n) is 9.28. The Hall–Kier alpha value is -2.31. The molecule has 0 radical (unpaired) electrons. The summed E-state index contributed by atoms with van der Waals surface area (Å²) in [5.74, 6) is -0.453. The van der Waals surface area contributed by atoms with Crippen molar-refractivity contribution in [2.75, 3.05) is 6.61 Å². The molecular formula is C10H11N5O2. The molecular weight excluding hydrogens is 222 g/mol. The highest BCUT2D eigenvalue weighted by Gasteiger charge is 2.16. The van der Waals surface area contributed by atoms with Crippen LogP contribution in [0.2, 0.25) is 0 Å². The second-order valence-corrected chi connectivity index (χ2v) is 3.20. The van der Waals surface area contributed by atoms with E-state index in [9.17, 15) is 4.79 Å². The van der Waals surface area contributed by atoms with Crippen LogP contribution in [0.5, 0.6) is 0 Å². The number of carbonyl (C=O) groups excluding carboxylic acids is 1. The van der Waals surface area contributed by atoms with Gasteiger partial charge in [-0.2, -0.15) is 0 Å². The Bertz CT molecular complexity index is 496. The van der Waals surface area contributed by atoms with Gasteiger partial charge in [0.05, 0.1) is 18.8 Å².